The third-order valence-electron chi connectivity index (χ3n) is 5.20. The molecular weight excluding hydrogens is 360 g/mol. The molecule has 1 aromatic heterocycles. The van der Waals surface area contributed by atoms with E-state index in [9.17, 15) is 0 Å². The van der Waals surface area contributed by atoms with Crippen molar-refractivity contribution in [1.82, 2.24) is 4.98 Å². The lowest BCUT2D eigenvalue weighted by atomic mass is 10.1. The predicted molar refractivity (Wildman–Crippen MR) is 121 cm³/mol. The minimum Gasteiger partial charge on any atom is -0.497 e. The second-order valence-electron chi connectivity index (χ2n) is 7.42. The lowest BCUT2D eigenvalue weighted by molar-refractivity contribution is 0.177. The monoisotopic (exact) mass is 392 g/mol. The molecule has 0 aliphatic rings. The van der Waals surface area contributed by atoms with E-state index in [0.29, 0.717) is 6.54 Å². The summed E-state index contributed by atoms with van der Waals surface area (Å²) in [4.78, 5) is 4.88. The fourth-order valence-corrected chi connectivity index (χ4v) is 3.57. The molecule has 0 aliphatic carbocycles. The number of aromatic nitrogens is 1. The molecule has 0 unspecified atom stereocenters. The molecule has 4 heteroatoms. The Hall–Kier alpha value is -2.59. The van der Waals surface area contributed by atoms with Crippen LogP contribution in [0.5, 0.6) is 11.5 Å². The number of nitrogens with zero attached hydrogens (tertiary/aromatic N) is 1. The molecule has 4 nitrogen and oxygen atoms in total. The van der Waals surface area contributed by atoms with Crippen LogP contribution in [-0.2, 0) is 0 Å². The summed E-state index contributed by atoms with van der Waals surface area (Å²) in [5, 5.41) is 1.01. The highest BCUT2D eigenvalue weighted by Crippen LogP contribution is 2.33. The van der Waals surface area contributed by atoms with Gasteiger partial charge in [-0.25, -0.2) is 4.98 Å². The first-order chi connectivity index (χ1) is 14.2. The van der Waals surface area contributed by atoms with Gasteiger partial charge in [0, 0.05) is 23.1 Å². The number of unbranched alkanes of at least 4 members (excludes halogenated alkanes) is 2. The Balaban J connectivity index is 1.98. The Labute approximate surface area is 174 Å². The summed E-state index contributed by atoms with van der Waals surface area (Å²) in [5.74, 6) is 1.68. The van der Waals surface area contributed by atoms with E-state index in [1.165, 1.54) is 19.3 Å². The third-order valence-corrected chi connectivity index (χ3v) is 5.20. The van der Waals surface area contributed by atoms with Gasteiger partial charge >= 0.3 is 0 Å². The molecule has 0 fully saturated rings. The van der Waals surface area contributed by atoms with Crippen LogP contribution in [0.1, 0.15) is 45.4 Å². The summed E-state index contributed by atoms with van der Waals surface area (Å²) in [6.07, 6.45) is 6.77. The van der Waals surface area contributed by atoms with Crippen LogP contribution in [-0.4, -0.2) is 24.7 Å². The van der Waals surface area contributed by atoms with E-state index in [0.717, 1.165) is 52.9 Å². The minimum atomic E-state index is 0.168. The van der Waals surface area contributed by atoms with Crippen molar-refractivity contribution in [3.8, 4) is 22.8 Å². The lowest BCUT2D eigenvalue weighted by Crippen LogP contribution is -2.18. The second kappa shape index (κ2) is 10.8. The summed E-state index contributed by atoms with van der Waals surface area (Å²) in [6.45, 7) is 2.92. The predicted octanol–water partition coefficient (Wildman–Crippen LogP) is 5.98. The largest absolute Gasteiger partial charge is 0.497 e. The fourth-order valence-electron chi connectivity index (χ4n) is 3.57. The van der Waals surface area contributed by atoms with Gasteiger partial charge in [0.15, 0.2) is 0 Å². The lowest BCUT2D eigenvalue weighted by Gasteiger charge is -2.21. The van der Waals surface area contributed by atoms with Crippen molar-refractivity contribution in [3.63, 3.8) is 0 Å². The average molecular weight is 393 g/mol. The molecule has 3 rings (SSSR count). The first-order valence-corrected chi connectivity index (χ1v) is 10.7. The molecular formula is C25H32N2O2. The van der Waals surface area contributed by atoms with Crippen molar-refractivity contribution in [2.24, 2.45) is 5.73 Å². The van der Waals surface area contributed by atoms with E-state index >= 15 is 0 Å². The zero-order chi connectivity index (χ0) is 20.5. The van der Waals surface area contributed by atoms with Crippen molar-refractivity contribution in [2.75, 3.05) is 13.7 Å². The van der Waals surface area contributed by atoms with Crippen LogP contribution in [0, 0.1) is 0 Å². The Morgan fingerprint density at radius 2 is 1.76 bits per heavy atom. The van der Waals surface area contributed by atoms with Crippen molar-refractivity contribution < 1.29 is 9.47 Å². The van der Waals surface area contributed by atoms with Gasteiger partial charge in [0.2, 0.25) is 0 Å². The highest BCUT2D eigenvalue weighted by Gasteiger charge is 2.15. The van der Waals surface area contributed by atoms with Crippen LogP contribution < -0.4 is 15.2 Å². The first-order valence-electron chi connectivity index (χ1n) is 10.7. The maximum Gasteiger partial charge on any atom is 0.131 e. The maximum atomic E-state index is 6.58. The van der Waals surface area contributed by atoms with E-state index in [2.05, 4.69) is 25.1 Å². The number of nitrogens with two attached hydrogens (primary N) is 1. The number of hydrogen-bond acceptors (Lipinski definition) is 4. The molecule has 0 saturated heterocycles. The van der Waals surface area contributed by atoms with Crippen LogP contribution in [0.2, 0.25) is 0 Å². The Bertz CT molecular complexity index is 896. The van der Waals surface area contributed by atoms with Gasteiger partial charge in [0.25, 0.3) is 0 Å². The van der Waals surface area contributed by atoms with Crippen molar-refractivity contribution in [1.29, 1.82) is 0 Å². The van der Waals surface area contributed by atoms with Crippen LogP contribution in [0.4, 0.5) is 0 Å². The molecule has 154 valence electrons. The Kier molecular flexibility index (Phi) is 7.88. The molecule has 0 bridgehead atoms. The highest BCUT2D eigenvalue weighted by atomic mass is 16.5. The van der Waals surface area contributed by atoms with E-state index in [-0.39, 0.29) is 6.10 Å². The zero-order valence-electron chi connectivity index (χ0n) is 17.6. The molecule has 2 aromatic carbocycles. The van der Waals surface area contributed by atoms with Gasteiger partial charge in [-0.15, -0.1) is 0 Å². The number of methoxy groups -OCH3 is 1. The summed E-state index contributed by atoms with van der Waals surface area (Å²) in [5.41, 5.74) is 8.63. The summed E-state index contributed by atoms with van der Waals surface area (Å²) < 4.78 is 12.0. The van der Waals surface area contributed by atoms with Gasteiger partial charge in [0.1, 0.15) is 11.5 Å². The van der Waals surface area contributed by atoms with Crippen molar-refractivity contribution in [2.45, 2.75) is 51.6 Å². The molecule has 0 radical (unpaired) electrons. The summed E-state index contributed by atoms with van der Waals surface area (Å²) in [6, 6.07) is 18.3. The normalized spacial score (nSPS) is 12.1. The summed E-state index contributed by atoms with van der Waals surface area (Å²) in [7, 11) is 1.68. The molecule has 0 saturated carbocycles. The van der Waals surface area contributed by atoms with E-state index < -0.39 is 0 Å². The molecule has 0 amide bonds. The second-order valence-corrected chi connectivity index (χ2v) is 7.42. The number of hydrogen-bond donors (Lipinski definition) is 1. The van der Waals surface area contributed by atoms with Crippen LogP contribution in [0.15, 0.2) is 54.6 Å². The standard InChI is InChI=1S/C25H32N2O2/c1-3-4-6-12-20(13-9-16-26)29-25-18-23(19-10-7-5-8-11-19)27-24-17-21(28-2)14-15-22(24)25/h5,7-8,10-11,14-15,17-18,20H,3-4,6,9,12-13,16,26H2,1-2H3/t20-/m1/s1. The summed E-state index contributed by atoms with van der Waals surface area (Å²) >= 11 is 0. The number of pyridine rings is 1. The molecule has 1 atom stereocenters. The third kappa shape index (κ3) is 5.70. The van der Waals surface area contributed by atoms with E-state index in [1.54, 1.807) is 7.11 Å². The average Bonchev–Trinajstić information content (AvgIpc) is 2.77. The molecule has 2 N–H and O–H groups in total. The zero-order valence-corrected chi connectivity index (χ0v) is 17.6. The van der Waals surface area contributed by atoms with Crippen LogP contribution in [0.25, 0.3) is 22.2 Å². The molecule has 29 heavy (non-hydrogen) atoms. The molecule has 1 heterocycles. The SMILES string of the molecule is CCCCC[C@H](CCCN)Oc1cc(-c2ccccc2)nc2cc(OC)ccc12. The number of ether oxygens (including phenoxy) is 2. The Morgan fingerprint density at radius 1 is 0.966 bits per heavy atom. The highest BCUT2D eigenvalue weighted by molar-refractivity contribution is 5.89. The molecule has 0 aliphatic heterocycles. The van der Waals surface area contributed by atoms with Crippen molar-refractivity contribution >= 4 is 10.9 Å². The van der Waals surface area contributed by atoms with Gasteiger partial charge in [-0.05, 0) is 44.4 Å². The smallest absolute Gasteiger partial charge is 0.131 e. The van der Waals surface area contributed by atoms with E-state index in [4.69, 9.17) is 20.2 Å². The number of rotatable bonds is 11. The molecule has 0 spiro atoms. The van der Waals surface area contributed by atoms with Gasteiger partial charge in [-0.3, -0.25) is 0 Å². The topological polar surface area (TPSA) is 57.4 Å². The van der Waals surface area contributed by atoms with Gasteiger partial charge < -0.3 is 15.2 Å². The fraction of sp³-hybridized carbons (Fsp3) is 0.400. The first kappa shape index (κ1) is 21.1. The van der Waals surface area contributed by atoms with E-state index in [1.807, 2.05) is 36.4 Å². The maximum absolute atomic E-state index is 6.58. The number of benzene rings is 2. The van der Waals surface area contributed by atoms with Crippen LogP contribution >= 0.6 is 0 Å². The molecule has 3 aromatic rings. The Morgan fingerprint density at radius 3 is 2.48 bits per heavy atom. The van der Waals surface area contributed by atoms with Gasteiger partial charge in [0.05, 0.1) is 24.4 Å². The van der Waals surface area contributed by atoms with Gasteiger partial charge in [-0.2, -0.15) is 0 Å². The minimum absolute atomic E-state index is 0.168. The quantitative estimate of drug-likeness (QED) is 0.408. The number of fused-ring (bicyclic) bond motifs is 1. The van der Waals surface area contributed by atoms with Gasteiger partial charge in [-0.1, -0.05) is 50.1 Å². The van der Waals surface area contributed by atoms with Crippen molar-refractivity contribution in [3.05, 3.63) is 54.6 Å². The van der Waals surface area contributed by atoms with Crippen LogP contribution in [0.3, 0.4) is 0 Å².